The van der Waals surface area contributed by atoms with Gasteiger partial charge in [-0.1, -0.05) is 36.7 Å². The number of nitrogens with zero attached hydrogens (tertiary/aromatic N) is 1. The second-order valence-corrected chi connectivity index (χ2v) is 9.00. The van der Waals surface area contributed by atoms with Crippen LogP contribution in [0.3, 0.4) is 0 Å². The Kier molecular flexibility index (Phi) is 3.45. The highest BCUT2D eigenvalue weighted by atomic mass is 16.7. The number of fused-ring (bicyclic) bond motifs is 3. The lowest BCUT2D eigenvalue weighted by Gasteiger charge is -2.58. The zero-order valence-corrected chi connectivity index (χ0v) is 16.0. The van der Waals surface area contributed by atoms with Gasteiger partial charge >= 0.3 is 0 Å². The topological polar surface area (TPSA) is 38.1 Å². The molecule has 0 unspecified atom stereocenters. The summed E-state index contributed by atoms with van der Waals surface area (Å²) >= 11 is 0. The maximum absolute atomic E-state index is 6.24. The van der Waals surface area contributed by atoms with Crippen molar-refractivity contribution >= 4 is 0 Å². The van der Waals surface area contributed by atoms with Crippen LogP contribution in [0.15, 0.2) is 36.5 Å². The van der Waals surface area contributed by atoms with Crippen molar-refractivity contribution in [2.24, 2.45) is 11.3 Å². The normalized spacial score (nSPS) is 31.6. The van der Waals surface area contributed by atoms with Crippen molar-refractivity contribution in [2.45, 2.75) is 57.7 Å². The number of hydrogen-bond donors (Lipinski definition) is 1. The smallest absolute Gasteiger partial charge is 0.235 e. The van der Waals surface area contributed by atoms with E-state index < -0.39 is 5.79 Å². The van der Waals surface area contributed by atoms with E-state index in [1.807, 2.05) is 0 Å². The van der Waals surface area contributed by atoms with Crippen LogP contribution in [0.4, 0.5) is 0 Å². The number of hydrogen-bond acceptors (Lipinski definition) is 2. The third-order valence-electron chi connectivity index (χ3n) is 7.50. The van der Waals surface area contributed by atoms with Crippen LogP contribution in [0.1, 0.15) is 51.3 Å². The third-order valence-corrected chi connectivity index (χ3v) is 7.50. The molecule has 1 N–H and O–H groups in total. The van der Waals surface area contributed by atoms with Crippen molar-refractivity contribution in [3.05, 3.63) is 47.8 Å². The lowest BCUT2D eigenvalue weighted by molar-refractivity contribution is -0.668. The van der Waals surface area contributed by atoms with Crippen LogP contribution < -0.4 is 4.68 Å². The number of nitrogens with one attached hydrogen (secondary N) is 1. The van der Waals surface area contributed by atoms with Gasteiger partial charge in [0, 0.05) is 29.5 Å². The first-order valence-corrected chi connectivity index (χ1v) is 9.94. The molecule has 2 fully saturated rings. The summed E-state index contributed by atoms with van der Waals surface area (Å²) < 4.78 is 14.8. The van der Waals surface area contributed by atoms with Crippen molar-refractivity contribution < 1.29 is 14.2 Å². The molecule has 1 aliphatic heterocycles. The second kappa shape index (κ2) is 5.43. The third kappa shape index (κ3) is 2.00. The molecule has 4 nitrogen and oxygen atoms in total. The summed E-state index contributed by atoms with van der Waals surface area (Å²) in [5.41, 5.74) is 4.24. The molecule has 2 atom stereocenters. The number of rotatable bonds is 1. The van der Waals surface area contributed by atoms with E-state index in [-0.39, 0.29) is 10.8 Å². The number of ether oxygens (including phenoxy) is 2. The fraction of sp³-hybridized carbons (Fsp3) is 0.591. The van der Waals surface area contributed by atoms with Gasteiger partial charge in [-0.25, -0.2) is 0 Å². The largest absolute Gasteiger partial charge is 0.347 e. The fourth-order valence-electron chi connectivity index (χ4n) is 6.23. The maximum Gasteiger partial charge on any atom is 0.235 e. The van der Waals surface area contributed by atoms with Gasteiger partial charge in [-0.15, -0.1) is 0 Å². The average Bonchev–Trinajstić information content (AvgIpc) is 3.29. The predicted octanol–water partition coefficient (Wildman–Crippen LogP) is 3.67. The van der Waals surface area contributed by atoms with E-state index in [2.05, 4.69) is 67.1 Å². The summed E-state index contributed by atoms with van der Waals surface area (Å²) in [5.74, 6) is 0.128. The van der Waals surface area contributed by atoms with E-state index in [1.165, 1.54) is 23.4 Å². The average molecular weight is 353 g/mol. The van der Waals surface area contributed by atoms with Gasteiger partial charge in [0.2, 0.25) is 11.4 Å². The van der Waals surface area contributed by atoms with Crippen LogP contribution in [-0.2, 0) is 21.3 Å². The summed E-state index contributed by atoms with van der Waals surface area (Å²) in [4.78, 5) is 0. The molecule has 2 aromatic rings. The summed E-state index contributed by atoms with van der Waals surface area (Å²) in [6, 6.07) is 10.7. The van der Waals surface area contributed by atoms with E-state index in [9.17, 15) is 0 Å². The summed E-state index contributed by atoms with van der Waals surface area (Å²) in [6.45, 7) is 8.65. The molecule has 0 amide bonds. The lowest BCUT2D eigenvalue weighted by atomic mass is 9.49. The first-order chi connectivity index (χ1) is 12.5. The molecule has 1 aromatic heterocycles. The van der Waals surface area contributed by atoms with Gasteiger partial charge in [0.1, 0.15) is 0 Å². The monoisotopic (exact) mass is 353 g/mol. The van der Waals surface area contributed by atoms with Gasteiger partial charge in [-0.05, 0) is 32.1 Å². The first kappa shape index (κ1) is 16.5. The van der Waals surface area contributed by atoms with Crippen LogP contribution in [-0.4, -0.2) is 24.1 Å². The quantitative estimate of drug-likeness (QED) is 0.795. The molecule has 2 heterocycles. The Morgan fingerprint density at radius 3 is 2.50 bits per heavy atom. The summed E-state index contributed by atoms with van der Waals surface area (Å²) in [5, 5.41) is 3.53. The molecular weight excluding hydrogens is 324 g/mol. The standard InChI is InChI=1S/C22H28N2O2/c1-20(2)18-10-9-16-15-23-24(17-7-5-4-6-8-17)19(16)21(18,3)11-12-22(20)25-13-14-26-22/h4-8,15,18H,9-14H2,1-3H3/p+1/t18-,21-/m0/s1. The Bertz CT molecular complexity index is 820. The summed E-state index contributed by atoms with van der Waals surface area (Å²) in [7, 11) is 0. The van der Waals surface area contributed by atoms with Crippen molar-refractivity contribution in [3.63, 3.8) is 0 Å². The van der Waals surface area contributed by atoms with Gasteiger partial charge in [-0.2, -0.15) is 5.10 Å². The minimum atomic E-state index is -0.400. The van der Waals surface area contributed by atoms with E-state index in [4.69, 9.17) is 9.47 Å². The van der Waals surface area contributed by atoms with Gasteiger partial charge in [0.15, 0.2) is 5.79 Å². The molecule has 1 saturated heterocycles. The lowest BCUT2D eigenvalue weighted by Crippen LogP contribution is -2.63. The predicted molar refractivity (Wildman–Crippen MR) is 99.1 cm³/mol. The number of aryl methyl sites for hydroxylation is 1. The molecule has 1 aromatic carbocycles. The molecule has 0 radical (unpaired) electrons. The highest BCUT2D eigenvalue weighted by molar-refractivity contribution is 5.32. The van der Waals surface area contributed by atoms with Crippen LogP contribution in [0.2, 0.25) is 0 Å². The van der Waals surface area contributed by atoms with E-state index in [1.54, 1.807) is 0 Å². The molecular formula is C22H29N2O2+. The number of aromatic nitrogens is 2. The van der Waals surface area contributed by atoms with Crippen molar-refractivity contribution in [3.8, 4) is 5.69 Å². The maximum atomic E-state index is 6.24. The van der Waals surface area contributed by atoms with Crippen molar-refractivity contribution in [2.75, 3.05) is 13.2 Å². The molecule has 2 aliphatic carbocycles. The van der Waals surface area contributed by atoms with Crippen LogP contribution in [0.5, 0.6) is 0 Å². The van der Waals surface area contributed by atoms with Gasteiger partial charge < -0.3 is 9.47 Å². The Morgan fingerprint density at radius 1 is 1.04 bits per heavy atom. The van der Waals surface area contributed by atoms with Gasteiger partial charge in [0.05, 0.1) is 24.8 Å². The van der Waals surface area contributed by atoms with Crippen molar-refractivity contribution in [1.82, 2.24) is 5.10 Å². The van der Waals surface area contributed by atoms with Gasteiger partial charge in [-0.3, -0.25) is 0 Å². The van der Waals surface area contributed by atoms with E-state index >= 15 is 0 Å². The van der Waals surface area contributed by atoms with E-state index in [0.29, 0.717) is 5.92 Å². The zero-order valence-electron chi connectivity index (χ0n) is 16.0. The molecule has 5 rings (SSSR count). The Hall–Kier alpha value is -1.65. The minimum Gasteiger partial charge on any atom is -0.347 e. The SMILES string of the molecule is CC1(C)[C@@H]2CCc3c[nH][n+](-c4ccccc4)c3[C@@]2(C)CCC12OCCO2. The van der Waals surface area contributed by atoms with Gasteiger partial charge in [0.25, 0.3) is 0 Å². The number of para-hydroxylation sites is 1. The molecule has 138 valence electrons. The molecule has 1 spiro atoms. The Balaban J connectivity index is 1.63. The molecule has 1 saturated carbocycles. The molecule has 0 bridgehead atoms. The van der Waals surface area contributed by atoms with Crippen LogP contribution in [0.25, 0.3) is 5.69 Å². The zero-order chi connectivity index (χ0) is 18.0. The van der Waals surface area contributed by atoms with E-state index in [0.717, 1.165) is 32.5 Å². The molecule has 4 heteroatoms. The van der Waals surface area contributed by atoms with Crippen LogP contribution in [0, 0.1) is 11.3 Å². The van der Waals surface area contributed by atoms with Crippen LogP contribution >= 0.6 is 0 Å². The number of H-pyrrole nitrogens is 1. The highest BCUT2D eigenvalue weighted by Crippen LogP contribution is 2.62. The number of aromatic amines is 1. The molecule has 26 heavy (non-hydrogen) atoms. The van der Waals surface area contributed by atoms with Crippen molar-refractivity contribution in [1.29, 1.82) is 0 Å². The minimum absolute atomic E-state index is 0.0139. The second-order valence-electron chi connectivity index (χ2n) is 9.00. The Labute approximate surface area is 155 Å². The molecule has 3 aliphatic rings. The Morgan fingerprint density at radius 2 is 1.77 bits per heavy atom. The summed E-state index contributed by atoms with van der Waals surface area (Å²) in [6.07, 6.45) is 6.58. The highest BCUT2D eigenvalue weighted by Gasteiger charge is 2.65. The number of benzene rings is 1. The first-order valence-electron chi connectivity index (χ1n) is 9.94. The fourth-order valence-corrected chi connectivity index (χ4v) is 6.23.